The zero-order valence-corrected chi connectivity index (χ0v) is 10.2. The van der Waals surface area contributed by atoms with E-state index in [0.717, 1.165) is 0 Å². The summed E-state index contributed by atoms with van der Waals surface area (Å²) in [6.07, 6.45) is 1.86. The van der Waals surface area contributed by atoms with E-state index >= 15 is 0 Å². The molecule has 1 aromatic carbocycles. The molecule has 0 saturated heterocycles. The number of rotatable bonds is 6. The summed E-state index contributed by atoms with van der Waals surface area (Å²) in [7, 11) is 1.39. The van der Waals surface area contributed by atoms with Crippen molar-refractivity contribution in [1.82, 2.24) is 5.32 Å². The number of hydrogen-bond acceptors (Lipinski definition) is 3. The SMILES string of the molecule is COc1cccc(F)c1C(=O)NCCCCC#N. The molecule has 0 aromatic heterocycles. The van der Waals surface area contributed by atoms with Gasteiger partial charge in [0.2, 0.25) is 0 Å². The summed E-state index contributed by atoms with van der Waals surface area (Å²) >= 11 is 0. The smallest absolute Gasteiger partial charge is 0.258 e. The summed E-state index contributed by atoms with van der Waals surface area (Å²) in [5.41, 5.74) is -0.0831. The van der Waals surface area contributed by atoms with Crippen molar-refractivity contribution in [2.24, 2.45) is 0 Å². The Hall–Kier alpha value is -2.09. The molecular formula is C13H15FN2O2. The van der Waals surface area contributed by atoms with Crippen molar-refractivity contribution in [2.75, 3.05) is 13.7 Å². The lowest BCUT2D eigenvalue weighted by molar-refractivity contribution is 0.0945. The molecule has 0 atom stereocenters. The number of halogens is 1. The van der Waals surface area contributed by atoms with Gasteiger partial charge in [0, 0.05) is 13.0 Å². The van der Waals surface area contributed by atoms with E-state index in [0.29, 0.717) is 25.8 Å². The highest BCUT2D eigenvalue weighted by atomic mass is 19.1. The van der Waals surface area contributed by atoms with Gasteiger partial charge in [-0.1, -0.05) is 6.07 Å². The van der Waals surface area contributed by atoms with Crippen LogP contribution in [0.2, 0.25) is 0 Å². The summed E-state index contributed by atoms with van der Waals surface area (Å²) in [5, 5.41) is 11.0. The first-order chi connectivity index (χ1) is 8.70. The molecule has 5 heteroatoms. The van der Waals surface area contributed by atoms with Crippen LogP contribution in [0.1, 0.15) is 29.6 Å². The van der Waals surface area contributed by atoms with Crippen LogP contribution in [0.4, 0.5) is 4.39 Å². The van der Waals surface area contributed by atoms with Gasteiger partial charge in [-0.2, -0.15) is 5.26 Å². The first-order valence-electron chi connectivity index (χ1n) is 5.68. The van der Waals surface area contributed by atoms with E-state index in [2.05, 4.69) is 5.32 Å². The van der Waals surface area contributed by atoms with Gasteiger partial charge in [0.05, 0.1) is 13.2 Å². The molecular weight excluding hydrogens is 235 g/mol. The summed E-state index contributed by atoms with van der Waals surface area (Å²) in [6.45, 7) is 0.415. The van der Waals surface area contributed by atoms with E-state index in [1.807, 2.05) is 6.07 Å². The second-order valence-electron chi connectivity index (χ2n) is 3.69. The molecule has 0 unspecified atom stereocenters. The number of benzene rings is 1. The predicted octanol–water partition coefficient (Wildman–Crippen LogP) is 2.26. The van der Waals surface area contributed by atoms with Crippen molar-refractivity contribution in [3.63, 3.8) is 0 Å². The van der Waals surface area contributed by atoms with Crippen LogP contribution in [0.15, 0.2) is 18.2 Å². The second-order valence-corrected chi connectivity index (χ2v) is 3.69. The number of carbonyl (C=O) groups is 1. The lowest BCUT2D eigenvalue weighted by Gasteiger charge is -2.09. The number of hydrogen-bond donors (Lipinski definition) is 1. The third kappa shape index (κ3) is 3.74. The van der Waals surface area contributed by atoms with Gasteiger partial charge < -0.3 is 10.1 Å². The highest BCUT2D eigenvalue weighted by Gasteiger charge is 2.16. The number of nitrogens with one attached hydrogen (secondary N) is 1. The monoisotopic (exact) mass is 250 g/mol. The maximum Gasteiger partial charge on any atom is 0.258 e. The van der Waals surface area contributed by atoms with Crippen molar-refractivity contribution in [2.45, 2.75) is 19.3 Å². The highest BCUT2D eigenvalue weighted by molar-refractivity contribution is 5.97. The minimum absolute atomic E-state index is 0.0831. The number of unbranched alkanes of at least 4 members (excludes halogenated alkanes) is 2. The van der Waals surface area contributed by atoms with Crippen LogP contribution >= 0.6 is 0 Å². The fourth-order valence-corrected chi connectivity index (χ4v) is 1.51. The lowest BCUT2D eigenvalue weighted by atomic mass is 10.1. The van der Waals surface area contributed by atoms with Gasteiger partial charge in [0.1, 0.15) is 17.1 Å². The van der Waals surface area contributed by atoms with Crippen molar-refractivity contribution in [3.05, 3.63) is 29.6 Å². The minimum Gasteiger partial charge on any atom is -0.496 e. The Labute approximate surface area is 105 Å². The molecule has 0 spiro atoms. The van der Waals surface area contributed by atoms with E-state index in [-0.39, 0.29) is 11.3 Å². The number of ether oxygens (including phenoxy) is 1. The van der Waals surface area contributed by atoms with Crippen molar-refractivity contribution >= 4 is 5.91 Å². The third-order valence-corrected chi connectivity index (χ3v) is 2.42. The van der Waals surface area contributed by atoms with Crippen LogP contribution in [-0.2, 0) is 0 Å². The van der Waals surface area contributed by atoms with Crippen molar-refractivity contribution in [1.29, 1.82) is 5.26 Å². The fraction of sp³-hybridized carbons (Fsp3) is 0.385. The van der Waals surface area contributed by atoms with E-state index in [9.17, 15) is 9.18 Å². The van der Waals surface area contributed by atoms with Crippen LogP contribution in [0, 0.1) is 17.1 Å². The molecule has 1 rings (SSSR count). The van der Waals surface area contributed by atoms with E-state index in [1.54, 1.807) is 0 Å². The number of nitrogens with zero attached hydrogens (tertiary/aromatic N) is 1. The standard InChI is InChI=1S/C13H15FN2O2/c1-18-11-7-5-6-10(14)12(11)13(17)16-9-4-2-3-8-15/h5-7H,2-4,9H2,1H3,(H,16,17). The molecule has 1 amide bonds. The van der Waals surface area contributed by atoms with Crippen molar-refractivity contribution in [3.8, 4) is 11.8 Å². The molecule has 1 aromatic rings. The largest absolute Gasteiger partial charge is 0.496 e. The Kier molecular flexibility index (Phi) is 5.65. The number of nitriles is 1. The van der Waals surface area contributed by atoms with Gasteiger partial charge in [-0.05, 0) is 25.0 Å². The van der Waals surface area contributed by atoms with Gasteiger partial charge in [0.25, 0.3) is 5.91 Å². The molecule has 0 fully saturated rings. The Balaban J connectivity index is 2.59. The Morgan fingerprint density at radius 2 is 2.28 bits per heavy atom. The topological polar surface area (TPSA) is 62.1 Å². The average molecular weight is 250 g/mol. The quantitative estimate of drug-likeness (QED) is 0.788. The van der Waals surface area contributed by atoms with Gasteiger partial charge >= 0.3 is 0 Å². The maximum atomic E-state index is 13.5. The summed E-state index contributed by atoms with van der Waals surface area (Å²) in [5.74, 6) is -0.893. The molecule has 1 N–H and O–H groups in total. The molecule has 0 saturated carbocycles. The third-order valence-electron chi connectivity index (χ3n) is 2.42. The van der Waals surface area contributed by atoms with Gasteiger partial charge in [-0.3, -0.25) is 4.79 Å². The van der Waals surface area contributed by atoms with Crippen LogP contribution in [-0.4, -0.2) is 19.6 Å². The highest BCUT2D eigenvalue weighted by Crippen LogP contribution is 2.20. The molecule has 96 valence electrons. The molecule has 0 aliphatic rings. The summed E-state index contributed by atoms with van der Waals surface area (Å²) < 4.78 is 18.5. The Morgan fingerprint density at radius 3 is 2.94 bits per heavy atom. The molecule has 18 heavy (non-hydrogen) atoms. The van der Waals surface area contributed by atoms with Crippen LogP contribution < -0.4 is 10.1 Å². The molecule has 0 bridgehead atoms. The normalized spacial score (nSPS) is 9.61. The summed E-state index contributed by atoms with van der Waals surface area (Å²) in [4.78, 5) is 11.8. The minimum atomic E-state index is -0.608. The second kappa shape index (κ2) is 7.28. The van der Waals surface area contributed by atoms with Crippen LogP contribution in [0.5, 0.6) is 5.75 Å². The van der Waals surface area contributed by atoms with E-state index in [1.165, 1.54) is 25.3 Å². The molecule has 0 aliphatic heterocycles. The number of methoxy groups -OCH3 is 1. The number of amides is 1. The fourth-order valence-electron chi connectivity index (χ4n) is 1.51. The molecule has 4 nitrogen and oxygen atoms in total. The lowest BCUT2D eigenvalue weighted by Crippen LogP contribution is -2.25. The average Bonchev–Trinajstić information content (AvgIpc) is 2.37. The predicted molar refractivity (Wildman–Crippen MR) is 64.7 cm³/mol. The van der Waals surface area contributed by atoms with Gasteiger partial charge in [-0.25, -0.2) is 4.39 Å². The molecule has 0 heterocycles. The van der Waals surface area contributed by atoms with Crippen LogP contribution in [0.25, 0.3) is 0 Å². The van der Waals surface area contributed by atoms with E-state index < -0.39 is 11.7 Å². The maximum absolute atomic E-state index is 13.5. The summed E-state index contributed by atoms with van der Waals surface area (Å²) in [6, 6.07) is 6.26. The van der Waals surface area contributed by atoms with E-state index in [4.69, 9.17) is 10.00 Å². The zero-order chi connectivity index (χ0) is 13.4. The molecule has 0 aliphatic carbocycles. The van der Waals surface area contributed by atoms with Crippen molar-refractivity contribution < 1.29 is 13.9 Å². The zero-order valence-electron chi connectivity index (χ0n) is 10.2. The first kappa shape index (κ1) is 14.0. The molecule has 0 radical (unpaired) electrons. The van der Waals surface area contributed by atoms with Gasteiger partial charge in [0.15, 0.2) is 0 Å². The Morgan fingerprint density at radius 1 is 1.50 bits per heavy atom. The first-order valence-corrected chi connectivity index (χ1v) is 5.68. The Bertz CT molecular complexity index is 455. The van der Waals surface area contributed by atoms with Crippen LogP contribution in [0.3, 0.4) is 0 Å². The number of carbonyl (C=O) groups excluding carboxylic acids is 1. The van der Waals surface area contributed by atoms with Gasteiger partial charge in [-0.15, -0.1) is 0 Å².